The van der Waals surface area contributed by atoms with Gasteiger partial charge in [-0.25, -0.2) is 4.98 Å². The number of fused-ring (bicyclic) bond motifs is 1. The van der Waals surface area contributed by atoms with Gasteiger partial charge in [0.1, 0.15) is 5.69 Å². The Morgan fingerprint density at radius 2 is 2.15 bits per heavy atom. The second kappa shape index (κ2) is 4.89. The third kappa shape index (κ3) is 2.47. The number of nitrogens with zero attached hydrogens (tertiary/aromatic N) is 2. The summed E-state index contributed by atoms with van der Waals surface area (Å²) in [6, 6.07) is 3.77. The van der Waals surface area contributed by atoms with Crippen LogP contribution in [0.1, 0.15) is 18.5 Å². The van der Waals surface area contributed by atoms with Gasteiger partial charge in [-0.3, -0.25) is 4.90 Å². The number of halogens is 3. The Morgan fingerprint density at radius 3 is 2.95 bits per heavy atom. The van der Waals surface area contributed by atoms with Gasteiger partial charge in [-0.2, -0.15) is 13.2 Å². The smallest absolute Gasteiger partial charge is 0.433 e. The molecule has 1 unspecified atom stereocenters. The fraction of sp³-hybridized carbons (Fsp3) is 0.615. The van der Waals surface area contributed by atoms with Gasteiger partial charge in [-0.1, -0.05) is 6.07 Å². The topological polar surface area (TPSA) is 37.4 Å². The molecule has 0 radical (unpaired) electrons. The lowest BCUT2D eigenvalue weighted by atomic mass is 10.1. The summed E-state index contributed by atoms with van der Waals surface area (Å²) >= 11 is 0. The molecule has 0 aromatic carbocycles. The first-order valence-corrected chi connectivity index (χ1v) is 6.69. The van der Waals surface area contributed by atoms with Gasteiger partial charge in [-0.15, -0.1) is 0 Å². The van der Waals surface area contributed by atoms with Crippen LogP contribution in [-0.2, 0) is 6.18 Å². The van der Waals surface area contributed by atoms with E-state index in [9.17, 15) is 13.2 Å². The maximum absolute atomic E-state index is 12.7. The molecule has 3 heterocycles. The number of pyridine rings is 1. The molecular weight excluding hydrogens is 271 g/mol. The molecule has 0 saturated carbocycles. The minimum Gasteiger partial charge on any atom is -0.454 e. The van der Waals surface area contributed by atoms with Gasteiger partial charge in [0.05, 0.1) is 0 Å². The molecule has 0 aliphatic carbocycles. The fourth-order valence-corrected chi connectivity index (χ4v) is 2.90. The van der Waals surface area contributed by atoms with Crippen LogP contribution in [0.25, 0.3) is 0 Å². The van der Waals surface area contributed by atoms with Crippen molar-refractivity contribution < 1.29 is 17.9 Å². The Bertz CT molecular complexity index is 494. The van der Waals surface area contributed by atoms with Crippen LogP contribution in [0.3, 0.4) is 0 Å². The Hall–Kier alpha value is -1.34. The van der Waals surface area contributed by atoms with Crippen molar-refractivity contribution in [2.45, 2.75) is 24.7 Å². The van der Waals surface area contributed by atoms with Crippen molar-refractivity contribution in [3.8, 4) is 5.88 Å². The molecule has 0 spiro atoms. The van der Waals surface area contributed by atoms with E-state index in [4.69, 9.17) is 4.74 Å². The van der Waals surface area contributed by atoms with Crippen LogP contribution in [0.4, 0.5) is 13.2 Å². The van der Waals surface area contributed by atoms with Crippen molar-refractivity contribution in [2.24, 2.45) is 0 Å². The van der Waals surface area contributed by atoms with Gasteiger partial charge in [-0.05, 0) is 12.5 Å². The quantitative estimate of drug-likeness (QED) is 0.901. The standard InChI is InChI=1S/C13H16F3N3O/c14-13(15,16)10-3-1-4-11(18-10)20-12-5-2-7-19(12)8-6-17-9-12/h1,3-4,17H,2,5-9H2. The van der Waals surface area contributed by atoms with Crippen LogP contribution in [0, 0.1) is 0 Å². The number of piperazine rings is 1. The lowest BCUT2D eigenvalue weighted by Gasteiger charge is -2.42. The molecule has 1 aromatic rings. The molecule has 2 fully saturated rings. The minimum atomic E-state index is -4.45. The summed E-state index contributed by atoms with van der Waals surface area (Å²) in [6.07, 6.45) is -2.66. The summed E-state index contributed by atoms with van der Waals surface area (Å²) < 4.78 is 43.9. The van der Waals surface area contributed by atoms with Crippen LogP contribution in [0.5, 0.6) is 5.88 Å². The molecular formula is C13H16F3N3O. The van der Waals surface area contributed by atoms with Gasteiger partial charge < -0.3 is 10.1 Å². The second-order valence-electron chi connectivity index (χ2n) is 5.17. The van der Waals surface area contributed by atoms with Crippen LogP contribution < -0.4 is 10.1 Å². The maximum Gasteiger partial charge on any atom is 0.433 e. The van der Waals surface area contributed by atoms with E-state index < -0.39 is 17.6 Å². The van der Waals surface area contributed by atoms with Crippen molar-refractivity contribution in [1.82, 2.24) is 15.2 Å². The monoisotopic (exact) mass is 287 g/mol. The number of nitrogens with one attached hydrogen (secondary N) is 1. The Labute approximate surface area is 114 Å². The molecule has 110 valence electrons. The Balaban J connectivity index is 1.83. The van der Waals surface area contributed by atoms with Crippen molar-refractivity contribution in [3.05, 3.63) is 23.9 Å². The van der Waals surface area contributed by atoms with E-state index in [1.807, 2.05) is 0 Å². The van der Waals surface area contributed by atoms with Gasteiger partial charge in [0.25, 0.3) is 0 Å². The molecule has 2 saturated heterocycles. The molecule has 3 rings (SSSR count). The van der Waals surface area contributed by atoms with Gasteiger partial charge in [0, 0.05) is 38.7 Å². The van der Waals surface area contributed by atoms with E-state index in [2.05, 4.69) is 15.2 Å². The molecule has 0 bridgehead atoms. The van der Waals surface area contributed by atoms with Crippen molar-refractivity contribution in [2.75, 3.05) is 26.2 Å². The lowest BCUT2D eigenvalue weighted by molar-refractivity contribution is -0.142. The molecule has 2 aliphatic rings. The Kier molecular flexibility index (Phi) is 3.33. The predicted octanol–water partition coefficient (Wildman–Crippen LogP) is 1.87. The highest BCUT2D eigenvalue weighted by Gasteiger charge is 2.45. The SMILES string of the molecule is FC(F)(F)c1cccc(OC23CCCN2CCNC3)n1. The number of hydrogen-bond acceptors (Lipinski definition) is 4. The number of aromatic nitrogens is 1. The molecule has 0 amide bonds. The summed E-state index contributed by atoms with van der Waals surface area (Å²) in [4.78, 5) is 5.78. The maximum atomic E-state index is 12.7. The van der Waals surface area contributed by atoms with Crippen molar-refractivity contribution >= 4 is 0 Å². The molecule has 7 heteroatoms. The first-order chi connectivity index (χ1) is 9.50. The average Bonchev–Trinajstić information content (AvgIpc) is 2.81. The molecule has 2 aliphatic heterocycles. The third-order valence-electron chi connectivity index (χ3n) is 3.84. The summed E-state index contributed by atoms with van der Waals surface area (Å²) in [6.45, 7) is 3.26. The van der Waals surface area contributed by atoms with Crippen LogP contribution in [0.15, 0.2) is 18.2 Å². The highest BCUT2D eigenvalue weighted by molar-refractivity contribution is 5.19. The zero-order valence-corrected chi connectivity index (χ0v) is 10.9. The fourth-order valence-electron chi connectivity index (χ4n) is 2.90. The zero-order chi connectivity index (χ0) is 14.2. The summed E-state index contributed by atoms with van der Waals surface area (Å²) in [5.41, 5.74) is -1.46. The molecule has 1 N–H and O–H groups in total. The van der Waals surface area contributed by atoms with Crippen LogP contribution in [-0.4, -0.2) is 41.8 Å². The van der Waals surface area contributed by atoms with Crippen molar-refractivity contribution in [3.63, 3.8) is 0 Å². The highest BCUT2D eigenvalue weighted by atomic mass is 19.4. The van der Waals surface area contributed by atoms with E-state index in [0.717, 1.165) is 38.5 Å². The number of ether oxygens (including phenoxy) is 1. The lowest BCUT2D eigenvalue weighted by Crippen LogP contribution is -2.61. The van der Waals surface area contributed by atoms with Crippen LogP contribution in [0.2, 0.25) is 0 Å². The van der Waals surface area contributed by atoms with Gasteiger partial charge in [0.2, 0.25) is 5.88 Å². The minimum absolute atomic E-state index is 0.0374. The van der Waals surface area contributed by atoms with E-state index in [-0.39, 0.29) is 5.88 Å². The number of hydrogen-bond donors (Lipinski definition) is 1. The first-order valence-electron chi connectivity index (χ1n) is 6.69. The van der Waals surface area contributed by atoms with E-state index >= 15 is 0 Å². The number of rotatable bonds is 2. The van der Waals surface area contributed by atoms with Gasteiger partial charge >= 0.3 is 6.18 Å². The van der Waals surface area contributed by atoms with E-state index in [0.29, 0.717) is 6.54 Å². The first kappa shape index (κ1) is 13.6. The summed E-state index contributed by atoms with van der Waals surface area (Å²) in [5.74, 6) is 0.0374. The van der Waals surface area contributed by atoms with Crippen LogP contribution >= 0.6 is 0 Å². The Morgan fingerprint density at radius 1 is 1.30 bits per heavy atom. The molecule has 20 heavy (non-hydrogen) atoms. The summed E-state index contributed by atoms with van der Waals surface area (Å²) in [5, 5.41) is 3.25. The molecule has 4 nitrogen and oxygen atoms in total. The second-order valence-corrected chi connectivity index (χ2v) is 5.17. The normalized spacial score (nSPS) is 27.4. The number of alkyl halides is 3. The van der Waals surface area contributed by atoms with Crippen molar-refractivity contribution in [1.29, 1.82) is 0 Å². The summed E-state index contributed by atoms with van der Waals surface area (Å²) in [7, 11) is 0. The van der Waals surface area contributed by atoms with Gasteiger partial charge in [0.15, 0.2) is 5.72 Å². The molecule has 1 aromatic heterocycles. The predicted molar refractivity (Wildman–Crippen MR) is 66.3 cm³/mol. The average molecular weight is 287 g/mol. The van der Waals surface area contributed by atoms with E-state index in [1.165, 1.54) is 12.1 Å². The molecule has 1 atom stereocenters. The largest absolute Gasteiger partial charge is 0.454 e. The highest BCUT2D eigenvalue weighted by Crippen LogP contribution is 2.34. The third-order valence-corrected chi connectivity index (χ3v) is 3.84. The zero-order valence-electron chi connectivity index (χ0n) is 10.9. The van der Waals surface area contributed by atoms with E-state index in [1.54, 1.807) is 0 Å².